The molecule has 1 saturated heterocycles. The first-order chi connectivity index (χ1) is 10.1. The minimum Gasteiger partial charge on any atom is -0.378 e. The number of ether oxygens (including phenoxy) is 1. The van der Waals surface area contributed by atoms with E-state index < -0.39 is 6.04 Å². The average Bonchev–Trinajstić information content (AvgIpc) is 2.51. The van der Waals surface area contributed by atoms with Crippen LogP contribution in [0.3, 0.4) is 0 Å². The molecule has 0 bridgehead atoms. The van der Waals surface area contributed by atoms with Crippen LogP contribution < -0.4 is 16.0 Å². The highest BCUT2D eigenvalue weighted by Crippen LogP contribution is 2.25. The lowest BCUT2D eigenvalue weighted by Crippen LogP contribution is -2.48. The molecule has 1 unspecified atom stereocenters. The van der Waals surface area contributed by atoms with Gasteiger partial charge in [-0.3, -0.25) is 9.59 Å². The van der Waals surface area contributed by atoms with E-state index in [9.17, 15) is 9.59 Å². The highest BCUT2D eigenvalue weighted by Gasteiger charge is 2.21. The lowest BCUT2D eigenvalue weighted by atomic mass is 10.2. The minimum absolute atomic E-state index is 0.100. The first-order valence-electron chi connectivity index (χ1n) is 6.81. The molecule has 114 valence electrons. The van der Waals surface area contributed by atoms with Gasteiger partial charge in [-0.2, -0.15) is 0 Å². The summed E-state index contributed by atoms with van der Waals surface area (Å²) >= 11 is 6.07. The predicted molar refractivity (Wildman–Crippen MR) is 81.6 cm³/mol. The molecule has 7 heteroatoms. The van der Waals surface area contributed by atoms with Crippen LogP contribution in [0.5, 0.6) is 0 Å². The van der Waals surface area contributed by atoms with E-state index in [1.807, 2.05) is 0 Å². The normalized spacial score (nSPS) is 18.1. The highest BCUT2D eigenvalue weighted by molar-refractivity contribution is 6.34. The molecular formula is C14H18ClN3O3. The van der Waals surface area contributed by atoms with Crippen LogP contribution in [-0.4, -0.2) is 37.6 Å². The van der Waals surface area contributed by atoms with Gasteiger partial charge >= 0.3 is 0 Å². The molecule has 0 aromatic heterocycles. The van der Waals surface area contributed by atoms with Crippen molar-refractivity contribution in [3.63, 3.8) is 0 Å². The number of nitrogens with one attached hydrogen (secondary N) is 3. The van der Waals surface area contributed by atoms with Crippen molar-refractivity contribution in [1.29, 1.82) is 0 Å². The SMILES string of the molecule is CCC(=O)Nc1ccc(Cl)c(NC(=O)C2COCCN2)c1. The third-order valence-corrected chi connectivity index (χ3v) is 3.40. The second kappa shape index (κ2) is 7.40. The topological polar surface area (TPSA) is 79.5 Å². The zero-order valence-corrected chi connectivity index (χ0v) is 12.5. The highest BCUT2D eigenvalue weighted by atomic mass is 35.5. The molecule has 1 aliphatic heterocycles. The predicted octanol–water partition coefficient (Wildman–Crippen LogP) is 1.62. The molecule has 0 saturated carbocycles. The van der Waals surface area contributed by atoms with E-state index in [1.54, 1.807) is 25.1 Å². The van der Waals surface area contributed by atoms with Crippen LogP contribution in [0, 0.1) is 0 Å². The van der Waals surface area contributed by atoms with Crippen molar-refractivity contribution in [1.82, 2.24) is 5.32 Å². The van der Waals surface area contributed by atoms with Gasteiger partial charge in [0.05, 0.1) is 23.9 Å². The fourth-order valence-corrected chi connectivity index (χ4v) is 2.07. The van der Waals surface area contributed by atoms with Gasteiger partial charge in [0.2, 0.25) is 11.8 Å². The minimum atomic E-state index is -0.399. The molecule has 2 amide bonds. The van der Waals surface area contributed by atoms with Gasteiger partial charge in [0.25, 0.3) is 0 Å². The van der Waals surface area contributed by atoms with Crippen molar-refractivity contribution in [2.45, 2.75) is 19.4 Å². The zero-order chi connectivity index (χ0) is 15.2. The number of anilines is 2. The quantitative estimate of drug-likeness (QED) is 0.789. The van der Waals surface area contributed by atoms with Gasteiger partial charge in [0.15, 0.2) is 0 Å². The summed E-state index contributed by atoms with van der Waals surface area (Å²) in [7, 11) is 0. The van der Waals surface area contributed by atoms with E-state index in [1.165, 1.54) is 0 Å². The second-order valence-corrected chi connectivity index (χ2v) is 5.07. The van der Waals surface area contributed by atoms with E-state index in [4.69, 9.17) is 16.3 Å². The molecule has 0 spiro atoms. The largest absolute Gasteiger partial charge is 0.378 e. The Balaban J connectivity index is 2.05. The number of amides is 2. The summed E-state index contributed by atoms with van der Waals surface area (Å²) in [6.45, 7) is 3.33. The molecule has 1 fully saturated rings. The van der Waals surface area contributed by atoms with E-state index in [0.29, 0.717) is 42.6 Å². The monoisotopic (exact) mass is 311 g/mol. The van der Waals surface area contributed by atoms with Crippen molar-refractivity contribution in [3.8, 4) is 0 Å². The number of benzene rings is 1. The molecule has 1 aliphatic rings. The molecule has 6 nitrogen and oxygen atoms in total. The third kappa shape index (κ3) is 4.42. The number of hydrogen-bond donors (Lipinski definition) is 3. The average molecular weight is 312 g/mol. The molecule has 1 aromatic rings. The molecule has 1 atom stereocenters. The van der Waals surface area contributed by atoms with Crippen molar-refractivity contribution >= 4 is 34.8 Å². The van der Waals surface area contributed by atoms with Crippen molar-refractivity contribution in [2.24, 2.45) is 0 Å². The number of morpholine rings is 1. The Bertz CT molecular complexity index is 530. The number of carbonyl (C=O) groups is 2. The summed E-state index contributed by atoms with van der Waals surface area (Å²) < 4.78 is 5.25. The van der Waals surface area contributed by atoms with E-state index in [2.05, 4.69) is 16.0 Å². The third-order valence-electron chi connectivity index (χ3n) is 3.07. The fourth-order valence-electron chi connectivity index (χ4n) is 1.90. The lowest BCUT2D eigenvalue weighted by Gasteiger charge is -2.23. The molecule has 3 N–H and O–H groups in total. The van der Waals surface area contributed by atoms with Crippen LogP contribution in [0.1, 0.15) is 13.3 Å². The van der Waals surface area contributed by atoms with Crippen molar-refractivity contribution in [3.05, 3.63) is 23.2 Å². The van der Waals surface area contributed by atoms with Gasteiger partial charge in [-0.1, -0.05) is 18.5 Å². The lowest BCUT2D eigenvalue weighted by molar-refractivity contribution is -0.120. The zero-order valence-electron chi connectivity index (χ0n) is 11.7. The Morgan fingerprint density at radius 3 is 2.90 bits per heavy atom. The summed E-state index contributed by atoms with van der Waals surface area (Å²) in [6.07, 6.45) is 0.383. The second-order valence-electron chi connectivity index (χ2n) is 4.67. The van der Waals surface area contributed by atoms with Gasteiger partial charge in [-0.05, 0) is 18.2 Å². The molecular weight excluding hydrogens is 294 g/mol. The Morgan fingerprint density at radius 1 is 1.43 bits per heavy atom. The summed E-state index contributed by atoms with van der Waals surface area (Å²) in [4.78, 5) is 23.5. The standard InChI is InChI=1S/C14H18ClN3O3/c1-2-13(19)17-9-3-4-10(15)11(7-9)18-14(20)12-8-21-6-5-16-12/h3-4,7,12,16H,2,5-6,8H2,1H3,(H,17,19)(H,18,20). The van der Waals surface area contributed by atoms with E-state index >= 15 is 0 Å². The van der Waals surface area contributed by atoms with E-state index in [0.717, 1.165) is 0 Å². The molecule has 2 rings (SSSR count). The number of carbonyl (C=O) groups excluding carboxylic acids is 2. The molecule has 21 heavy (non-hydrogen) atoms. The molecule has 1 aromatic carbocycles. The van der Waals surface area contributed by atoms with Crippen LogP contribution in [0.2, 0.25) is 5.02 Å². The van der Waals surface area contributed by atoms with E-state index in [-0.39, 0.29) is 11.8 Å². The molecule has 0 aliphatic carbocycles. The number of rotatable bonds is 4. The van der Waals surface area contributed by atoms with Gasteiger partial charge in [-0.25, -0.2) is 0 Å². The van der Waals surface area contributed by atoms with Gasteiger partial charge in [0, 0.05) is 18.7 Å². The Kier molecular flexibility index (Phi) is 5.55. The summed E-state index contributed by atoms with van der Waals surface area (Å²) in [5, 5.41) is 8.95. The van der Waals surface area contributed by atoms with Crippen molar-refractivity contribution < 1.29 is 14.3 Å². The Labute approximate surface area is 128 Å². The molecule has 1 heterocycles. The summed E-state index contributed by atoms with van der Waals surface area (Å²) in [5.74, 6) is -0.312. The van der Waals surface area contributed by atoms with Crippen LogP contribution in [-0.2, 0) is 14.3 Å². The first kappa shape index (κ1) is 15.8. The maximum absolute atomic E-state index is 12.1. The summed E-state index contributed by atoms with van der Waals surface area (Å²) in [5.41, 5.74) is 1.05. The van der Waals surface area contributed by atoms with Crippen molar-refractivity contribution in [2.75, 3.05) is 30.4 Å². The maximum Gasteiger partial charge on any atom is 0.243 e. The molecule has 0 radical (unpaired) electrons. The van der Waals surface area contributed by atoms with Crippen LogP contribution >= 0.6 is 11.6 Å². The Hall–Kier alpha value is -1.63. The smallest absolute Gasteiger partial charge is 0.243 e. The first-order valence-corrected chi connectivity index (χ1v) is 7.19. The number of halogens is 1. The van der Waals surface area contributed by atoms with Gasteiger partial charge in [-0.15, -0.1) is 0 Å². The van der Waals surface area contributed by atoms with Gasteiger partial charge < -0.3 is 20.7 Å². The number of hydrogen-bond acceptors (Lipinski definition) is 4. The van der Waals surface area contributed by atoms with Gasteiger partial charge in [0.1, 0.15) is 6.04 Å². The van der Waals surface area contributed by atoms with Crippen LogP contribution in [0.25, 0.3) is 0 Å². The summed E-state index contributed by atoms with van der Waals surface area (Å²) in [6, 6.07) is 4.56. The Morgan fingerprint density at radius 2 is 2.24 bits per heavy atom. The van der Waals surface area contributed by atoms with Crippen LogP contribution in [0.15, 0.2) is 18.2 Å². The maximum atomic E-state index is 12.1. The van der Waals surface area contributed by atoms with Crippen LogP contribution in [0.4, 0.5) is 11.4 Å². The fraction of sp³-hybridized carbons (Fsp3) is 0.429.